The molecule has 2 amide bonds. The van der Waals surface area contributed by atoms with Crippen LogP contribution in [0.4, 0.5) is 5.82 Å². The van der Waals surface area contributed by atoms with Crippen molar-refractivity contribution in [2.75, 3.05) is 26.0 Å². The summed E-state index contributed by atoms with van der Waals surface area (Å²) in [4.78, 5) is 36.7. The van der Waals surface area contributed by atoms with Crippen molar-refractivity contribution in [1.82, 2.24) is 19.8 Å². The number of hydrogen-bond donors (Lipinski definition) is 1. The van der Waals surface area contributed by atoms with Crippen LogP contribution < -0.4 is 5.32 Å². The van der Waals surface area contributed by atoms with E-state index < -0.39 is 0 Å². The van der Waals surface area contributed by atoms with Gasteiger partial charge in [0.15, 0.2) is 0 Å². The molecule has 1 aromatic carbocycles. The van der Waals surface area contributed by atoms with Crippen LogP contribution >= 0.6 is 0 Å². The topological polar surface area (TPSA) is 78.4 Å². The highest BCUT2D eigenvalue weighted by molar-refractivity contribution is 5.93. The SMILES string of the molecule is CN1CC(=O)Nc2ncc(C=CC(=O)N(C)Cc3cccc4ncccc34)cc2C1. The van der Waals surface area contributed by atoms with E-state index in [0.29, 0.717) is 25.5 Å². The molecule has 4 rings (SSSR count). The van der Waals surface area contributed by atoms with E-state index >= 15 is 0 Å². The van der Waals surface area contributed by atoms with Crippen molar-refractivity contribution in [2.24, 2.45) is 0 Å². The number of anilines is 1. The van der Waals surface area contributed by atoms with Gasteiger partial charge in [-0.2, -0.15) is 0 Å². The molecule has 0 spiro atoms. The Bertz CT molecular complexity index is 1140. The Morgan fingerprint density at radius 3 is 2.97 bits per heavy atom. The molecule has 0 atom stereocenters. The van der Waals surface area contributed by atoms with Crippen LogP contribution in [0.5, 0.6) is 0 Å². The lowest BCUT2D eigenvalue weighted by molar-refractivity contribution is -0.125. The van der Waals surface area contributed by atoms with Gasteiger partial charge in [0.05, 0.1) is 12.1 Å². The number of amides is 2. The van der Waals surface area contributed by atoms with E-state index in [1.54, 1.807) is 36.5 Å². The van der Waals surface area contributed by atoms with Crippen LogP contribution in [0.3, 0.4) is 0 Å². The van der Waals surface area contributed by atoms with Crippen LogP contribution in [0.25, 0.3) is 17.0 Å². The number of carbonyl (C=O) groups excluding carboxylic acids is 2. The molecule has 3 heterocycles. The second kappa shape index (κ2) is 8.42. The van der Waals surface area contributed by atoms with Gasteiger partial charge < -0.3 is 10.2 Å². The number of hydrogen-bond acceptors (Lipinski definition) is 5. The van der Waals surface area contributed by atoms with Crippen LogP contribution in [0, 0.1) is 0 Å². The molecule has 7 heteroatoms. The third kappa shape index (κ3) is 4.36. The normalized spacial score (nSPS) is 14.4. The summed E-state index contributed by atoms with van der Waals surface area (Å²) in [5, 5.41) is 3.85. The van der Waals surface area contributed by atoms with Crippen molar-refractivity contribution in [2.45, 2.75) is 13.1 Å². The maximum absolute atomic E-state index is 12.6. The molecule has 0 saturated heterocycles. The average molecular weight is 401 g/mol. The van der Waals surface area contributed by atoms with Crippen molar-refractivity contribution < 1.29 is 9.59 Å². The summed E-state index contributed by atoms with van der Waals surface area (Å²) in [7, 11) is 3.67. The molecule has 1 aliphatic heterocycles. The van der Waals surface area contributed by atoms with Gasteiger partial charge in [-0.3, -0.25) is 19.5 Å². The molecule has 0 bridgehead atoms. The molecule has 1 N–H and O–H groups in total. The van der Waals surface area contributed by atoms with Gasteiger partial charge in [-0.15, -0.1) is 0 Å². The fraction of sp³-hybridized carbons (Fsp3) is 0.217. The van der Waals surface area contributed by atoms with E-state index in [9.17, 15) is 9.59 Å². The molecular formula is C23H23N5O2. The van der Waals surface area contributed by atoms with Gasteiger partial charge in [0.2, 0.25) is 11.8 Å². The van der Waals surface area contributed by atoms with Crippen molar-refractivity contribution in [3.8, 4) is 0 Å². The monoisotopic (exact) mass is 401 g/mol. The zero-order valence-corrected chi connectivity index (χ0v) is 17.0. The van der Waals surface area contributed by atoms with Crippen LogP contribution in [-0.2, 0) is 22.7 Å². The third-order valence-corrected chi connectivity index (χ3v) is 5.04. The van der Waals surface area contributed by atoms with Crippen LogP contribution in [0.1, 0.15) is 16.7 Å². The molecule has 152 valence electrons. The number of aromatic nitrogens is 2. The van der Waals surface area contributed by atoms with Gasteiger partial charge in [0, 0.05) is 49.6 Å². The quantitative estimate of drug-likeness (QED) is 0.680. The van der Waals surface area contributed by atoms with Crippen LogP contribution in [0.2, 0.25) is 0 Å². The highest BCUT2D eigenvalue weighted by Crippen LogP contribution is 2.20. The Kier molecular flexibility index (Phi) is 5.54. The molecule has 7 nitrogen and oxygen atoms in total. The second-order valence-corrected chi connectivity index (χ2v) is 7.51. The molecule has 0 saturated carbocycles. The third-order valence-electron chi connectivity index (χ3n) is 5.04. The first-order valence-corrected chi connectivity index (χ1v) is 9.73. The molecule has 3 aromatic rings. The fourth-order valence-electron chi connectivity index (χ4n) is 3.55. The summed E-state index contributed by atoms with van der Waals surface area (Å²) < 4.78 is 0. The Morgan fingerprint density at radius 2 is 2.10 bits per heavy atom. The molecule has 30 heavy (non-hydrogen) atoms. The molecule has 0 radical (unpaired) electrons. The number of nitrogens with one attached hydrogen (secondary N) is 1. The van der Waals surface area contributed by atoms with Crippen molar-refractivity contribution in [3.63, 3.8) is 0 Å². The van der Waals surface area contributed by atoms with Crippen molar-refractivity contribution in [3.05, 3.63) is 71.6 Å². The molecule has 0 unspecified atom stereocenters. The lowest BCUT2D eigenvalue weighted by Crippen LogP contribution is -2.26. The first kappa shape index (κ1) is 19.7. The lowest BCUT2D eigenvalue weighted by atomic mass is 10.1. The fourth-order valence-corrected chi connectivity index (χ4v) is 3.55. The van der Waals surface area contributed by atoms with Crippen molar-refractivity contribution in [1.29, 1.82) is 0 Å². The Balaban J connectivity index is 1.47. The van der Waals surface area contributed by atoms with Crippen LogP contribution in [0.15, 0.2) is 54.9 Å². The second-order valence-electron chi connectivity index (χ2n) is 7.51. The molecule has 0 fully saturated rings. The zero-order valence-electron chi connectivity index (χ0n) is 17.0. The number of rotatable bonds is 4. The van der Waals surface area contributed by atoms with E-state index in [0.717, 1.165) is 27.6 Å². The number of fused-ring (bicyclic) bond motifs is 2. The van der Waals surface area contributed by atoms with Gasteiger partial charge in [-0.05, 0) is 42.4 Å². The number of nitrogens with zero attached hydrogens (tertiary/aromatic N) is 4. The largest absolute Gasteiger partial charge is 0.338 e. The summed E-state index contributed by atoms with van der Waals surface area (Å²) >= 11 is 0. The van der Waals surface area contributed by atoms with Gasteiger partial charge in [0.25, 0.3) is 0 Å². The number of benzene rings is 1. The standard InChI is InChI=1S/C23H23N5O2/c1-27-13-18-11-16(12-25-23(18)26-21(29)15-27)8-9-22(30)28(2)14-17-5-3-7-20-19(17)6-4-10-24-20/h3-12H,13-15H2,1-2H3,(H,25,26,29). The highest BCUT2D eigenvalue weighted by Gasteiger charge is 2.17. The maximum atomic E-state index is 12.6. The maximum Gasteiger partial charge on any atom is 0.246 e. The Hall–Kier alpha value is -3.58. The minimum Gasteiger partial charge on any atom is -0.338 e. The highest BCUT2D eigenvalue weighted by atomic mass is 16.2. The van der Waals surface area contributed by atoms with E-state index in [2.05, 4.69) is 15.3 Å². The van der Waals surface area contributed by atoms with E-state index in [1.807, 2.05) is 48.3 Å². The first-order chi connectivity index (χ1) is 14.5. The summed E-state index contributed by atoms with van der Waals surface area (Å²) in [6.07, 6.45) is 6.72. The zero-order chi connectivity index (χ0) is 21.1. The molecule has 0 aliphatic carbocycles. The number of carbonyl (C=O) groups is 2. The average Bonchev–Trinajstić information content (AvgIpc) is 2.88. The smallest absolute Gasteiger partial charge is 0.246 e. The van der Waals surface area contributed by atoms with E-state index in [1.165, 1.54) is 0 Å². The number of likely N-dealkylation sites (N-methyl/N-ethyl adjacent to an activating group) is 2. The van der Waals surface area contributed by atoms with Crippen molar-refractivity contribution >= 4 is 34.6 Å². The van der Waals surface area contributed by atoms with E-state index in [4.69, 9.17) is 0 Å². The summed E-state index contributed by atoms with van der Waals surface area (Å²) in [5.41, 5.74) is 3.71. The molecule has 1 aliphatic rings. The van der Waals surface area contributed by atoms with E-state index in [-0.39, 0.29) is 11.8 Å². The summed E-state index contributed by atoms with van der Waals surface area (Å²) in [6, 6.07) is 11.8. The van der Waals surface area contributed by atoms with Gasteiger partial charge >= 0.3 is 0 Å². The Morgan fingerprint density at radius 1 is 1.23 bits per heavy atom. The molecule has 2 aromatic heterocycles. The van der Waals surface area contributed by atoms with Gasteiger partial charge in [-0.25, -0.2) is 4.98 Å². The lowest BCUT2D eigenvalue weighted by Gasteiger charge is -2.16. The van der Waals surface area contributed by atoms with Gasteiger partial charge in [0.1, 0.15) is 5.82 Å². The predicted octanol–water partition coefficient (Wildman–Crippen LogP) is 2.69. The Labute approximate surface area is 175 Å². The number of pyridine rings is 2. The van der Waals surface area contributed by atoms with Crippen LogP contribution in [-0.4, -0.2) is 52.2 Å². The summed E-state index contributed by atoms with van der Waals surface area (Å²) in [5.74, 6) is 0.401. The van der Waals surface area contributed by atoms with Gasteiger partial charge in [-0.1, -0.05) is 18.2 Å². The molecular weight excluding hydrogens is 378 g/mol. The minimum absolute atomic E-state index is 0.0764. The first-order valence-electron chi connectivity index (χ1n) is 9.73. The minimum atomic E-state index is -0.101. The summed E-state index contributed by atoms with van der Waals surface area (Å²) in [6.45, 7) is 1.44. The predicted molar refractivity (Wildman–Crippen MR) is 116 cm³/mol.